The summed E-state index contributed by atoms with van der Waals surface area (Å²) in [6.45, 7) is 2.67. The summed E-state index contributed by atoms with van der Waals surface area (Å²) in [6, 6.07) is 5.45. The van der Waals surface area contributed by atoms with E-state index in [1.54, 1.807) is 24.3 Å². The van der Waals surface area contributed by atoms with Crippen molar-refractivity contribution in [3.8, 4) is 0 Å². The van der Waals surface area contributed by atoms with Gasteiger partial charge in [0, 0.05) is 39.7 Å². The van der Waals surface area contributed by atoms with Crippen LogP contribution in [0.1, 0.15) is 33.4 Å². The van der Waals surface area contributed by atoms with Crippen LogP contribution in [0.25, 0.3) is 21.7 Å². The predicted octanol–water partition coefficient (Wildman–Crippen LogP) is 2.08. The quantitative estimate of drug-likeness (QED) is 0.431. The zero-order valence-electron chi connectivity index (χ0n) is 17.4. The molecule has 1 amide bonds. The van der Waals surface area contributed by atoms with Crippen molar-refractivity contribution in [2.24, 2.45) is 0 Å². The van der Waals surface area contributed by atoms with Crippen molar-refractivity contribution < 1.29 is 9.53 Å². The molecular formula is C22H20BBrN4O3. The number of benzene rings is 1. The van der Waals surface area contributed by atoms with E-state index in [-0.39, 0.29) is 17.5 Å². The molecule has 156 valence electrons. The van der Waals surface area contributed by atoms with Gasteiger partial charge in [-0.2, -0.15) is 0 Å². The minimum Gasteiger partial charge on any atom is -0.373 e. The van der Waals surface area contributed by atoms with E-state index in [1.807, 2.05) is 33.0 Å². The van der Waals surface area contributed by atoms with Gasteiger partial charge in [0.05, 0.1) is 31.0 Å². The number of rotatable bonds is 2. The lowest BCUT2D eigenvalue weighted by Gasteiger charge is -2.33. The molecule has 0 bridgehead atoms. The lowest BCUT2D eigenvalue weighted by atomic mass is 9.86. The number of pyridine rings is 2. The predicted molar refractivity (Wildman–Crippen MR) is 126 cm³/mol. The third kappa shape index (κ3) is 3.19. The Morgan fingerprint density at radius 2 is 2.03 bits per heavy atom. The minimum absolute atomic E-state index is 0.136. The summed E-state index contributed by atoms with van der Waals surface area (Å²) in [5.41, 5.74) is 4.95. The van der Waals surface area contributed by atoms with E-state index < -0.39 is 0 Å². The normalized spacial score (nSPS) is 15.9. The first-order valence-electron chi connectivity index (χ1n) is 9.98. The zero-order valence-corrected chi connectivity index (χ0v) is 19.0. The molecule has 0 fully saturated rings. The van der Waals surface area contributed by atoms with Crippen LogP contribution in [0.3, 0.4) is 0 Å². The first-order chi connectivity index (χ1) is 14.8. The van der Waals surface area contributed by atoms with Crippen LogP contribution in [0.4, 0.5) is 0 Å². The van der Waals surface area contributed by atoms with E-state index in [0.29, 0.717) is 24.3 Å². The number of fused-ring (bicyclic) bond motifs is 4. The fourth-order valence-electron chi connectivity index (χ4n) is 4.28. The number of carbonyl (C=O) groups is 1. The average Bonchev–Trinajstić information content (AvgIpc) is 3.19. The van der Waals surface area contributed by atoms with Crippen molar-refractivity contribution in [3.05, 3.63) is 67.9 Å². The number of amides is 1. The Hall–Kier alpha value is -2.91. The van der Waals surface area contributed by atoms with Crippen LogP contribution in [-0.2, 0) is 11.3 Å². The molecule has 0 radical (unpaired) electrons. The number of halogens is 1. The van der Waals surface area contributed by atoms with E-state index >= 15 is 0 Å². The second-order valence-corrected chi connectivity index (χ2v) is 8.90. The number of hydrogen-bond acceptors (Lipinski definition) is 4. The van der Waals surface area contributed by atoms with Crippen LogP contribution in [0.5, 0.6) is 0 Å². The molecule has 1 aliphatic rings. The van der Waals surface area contributed by atoms with Crippen LogP contribution in [0.15, 0.2) is 39.9 Å². The van der Waals surface area contributed by atoms with Gasteiger partial charge in [-0.25, -0.2) is 0 Å². The van der Waals surface area contributed by atoms with Gasteiger partial charge in [-0.05, 0) is 40.4 Å². The molecule has 4 aromatic rings. The number of aromatic amines is 2. The van der Waals surface area contributed by atoms with E-state index in [2.05, 4.69) is 30.9 Å². The second-order valence-electron chi connectivity index (χ2n) is 8.04. The number of aromatic nitrogens is 3. The molecule has 1 atom stereocenters. The monoisotopic (exact) mass is 478 g/mol. The van der Waals surface area contributed by atoms with Crippen molar-refractivity contribution in [1.82, 2.24) is 19.9 Å². The first kappa shape index (κ1) is 20.0. The van der Waals surface area contributed by atoms with Gasteiger partial charge < -0.3 is 19.6 Å². The molecule has 5 rings (SSSR count). The van der Waals surface area contributed by atoms with Crippen LogP contribution >= 0.6 is 15.9 Å². The molecule has 7 nitrogen and oxygen atoms in total. The highest BCUT2D eigenvalue weighted by Crippen LogP contribution is 2.34. The Kier molecular flexibility index (Phi) is 4.75. The Morgan fingerprint density at radius 3 is 2.81 bits per heavy atom. The number of aryl methyl sites for hydroxylation is 1. The maximum absolute atomic E-state index is 13.4. The molecule has 1 unspecified atom stereocenters. The summed E-state index contributed by atoms with van der Waals surface area (Å²) >= 11 is 3.48. The maximum Gasteiger partial charge on any atom is 0.270 e. The molecule has 0 aliphatic carbocycles. The molecule has 0 saturated heterocycles. The molecule has 4 heterocycles. The Bertz CT molecular complexity index is 1430. The van der Waals surface area contributed by atoms with Gasteiger partial charge in [-0.1, -0.05) is 17.1 Å². The van der Waals surface area contributed by atoms with E-state index in [0.717, 1.165) is 43.0 Å². The second kappa shape index (κ2) is 7.35. The Labute approximate surface area is 187 Å². The van der Waals surface area contributed by atoms with Crippen molar-refractivity contribution in [1.29, 1.82) is 0 Å². The maximum atomic E-state index is 13.4. The minimum atomic E-state index is -0.328. The average molecular weight is 479 g/mol. The largest absolute Gasteiger partial charge is 0.373 e. The molecular weight excluding hydrogens is 459 g/mol. The van der Waals surface area contributed by atoms with E-state index in [9.17, 15) is 9.59 Å². The summed E-state index contributed by atoms with van der Waals surface area (Å²) in [4.78, 5) is 38.0. The van der Waals surface area contributed by atoms with Crippen molar-refractivity contribution in [2.75, 3.05) is 13.7 Å². The number of nitrogens with zero attached hydrogens (tertiary/aromatic N) is 2. The van der Waals surface area contributed by atoms with Crippen LogP contribution in [0, 0.1) is 6.92 Å². The van der Waals surface area contributed by atoms with Gasteiger partial charge in [0.25, 0.3) is 11.5 Å². The van der Waals surface area contributed by atoms with E-state index in [1.165, 1.54) is 0 Å². The lowest BCUT2D eigenvalue weighted by molar-refractivity contribution is 0.0333. The third-order valence-corrected chi connectivity index (χ3v) is 6.76. The SMILES string of the molecule is Bc1cc2c3c([nH]c(=O)c2cc1C)COCC3N(C)C(=O)c1cc2c(Br)cncc2[nH]1. The van der Waals surface area contributed by atoms with E-state index in [4.69, 9.17) is 4.74 Å². The standard InChI is InChI=1S/C22H20BBrN4O3/c1-10-3-12-11(4-14(10)23)20-18(27-21(12)29)8-31-9-19(20)28(2)22(30)16-5-13-15(24)6-25-7-17(13)26-16/h3-7,19,26H,8-9,23H2,1-2H3,(H,27,29). The number of ether oxygens (including phenoxy) is 1. The molecule has 31 heavy (non-hydrogen) atoms. The molecule has 0 saturated carbocycles. The zero-order chi connectivity index (χ0) is 21.9. The van der Waals surface area contributed by atoms with Crippen LogP contribution in [-0.4, -0.2) is 47.3 Å². The number of hydrogen-bond donors (Lipinski definition) is 2. The van der Waals surface area contributed by atoms with Crippen LogP contribution in [0.2, 0.25) is 0 Å². The molecule has 0 spiro atoms. The molecule has 2 N–H and O–H groups in total. The lowest BCUT2D eigenvalue weighted by Crippen LogP contribution is -2.38. The molecule has 1 aliphatic heterocycles. The number of carbonyl (C=O) groups excluding carboxylic acids is 1. The number of nitrogens with one attached hydrogen (secondary N) is 2. The summed E-state index contributed by atoms with van der Waals surface area (Å²) in [7, 11) is 3.80. The van der Waals surface area contributed by atoms with Gasteiger partial charge in [0.1, 0.15) is 13.5 Å². The molecule has 3 aromatic heterocycles. The highest BCUT2D eigenvalue weighted by Gasteiger charge is 2.31. The highest BCUT2D eigenvalue weighted by atomic mass is 79.9. The van der Waals surface area contributed by atoms with Crippen molar-refractivity contribution >= 4 is 56.8 Å². The molecule has 1 aromatic carbocycles. The Morgan fingerprint density at radius 1 is 1.23 bits per heavy atom. The van der Waals surface area contributed by atoms with Crippen LogP contribution < -0.4 is 11.0 Å². The topological polar surface area (TPSA) is 91.1 Å². The highest BCUT2D eigenvalue weighted by molar-refractivity contribution is 9.10. The van der Waals surface area contributed by atoms with Gasteiger partial charge >= 0.3 is 0 Å². The fraction of sp³-hybridized carbons (Fsp3) is 0.227. The third-order valence-electron chi connectivity index (χ3n) is 6.13. The van der Waals surface area contributed by atoms with Gasteiger partial charge in [-0.15, -0.1) is 0 Å². The number of H-pyrrole nitrogens is 2. The summed E-state index contributed by atoms with van der Waals surface area (Å²) in [5, 5.41) is 2.40. The van der Waals surface area contributed by atoms with Crippen molar-refractivity contribution in [2.45, 2.75) is 19.6 Å². The summed E-state index contributed by atoms with van der Waals surface area (Å²) < 4.78 is 6.58. The summed E-state index contributed by atoms with van der Waals surface area (Å²) in [6.07, 6.45) is 3.39. The fourth-order valence-corrected chi connectivity index (χ4v) is 4.73. The van der Waals surface area contributed by atoms with Crippen molar-refractivity contribution in [3.63, 3.8) is 0 Å². The Balaban J connectivity index is 1.62. The van der Waals surface area contributed by atoms with Gasteiger partial charge in [-0.3, -0.25) is 14.6 Å². The summed E-state index contributed by atoms with van der Waals surface area (Å²) in [5.74, 6) is -0.160. The molecule has 9 heteroatoms. The smallest absolute Gasteiger partial charge is 0.270 e. The van der Waals surface area contributed by atoms with Gasteiger partial charge in [0.15, 0.2) is 0 Å². The first-order valence-corrected chi connectivity index (χ1v) is 10.8. The number of likely N-dealkylation sites (N-methyl/N-ethyl adjacent to an activating group) is 1. The van der Waals surface area contributed by atoms with Gasteiger partial charge in [0.2, 0.25) is 0 Å².